The highest BCUT2D eigenvalue weighted by atomic mass is 32.1. The molecule has 0 aliphatic rings. The molecule has 0 amide bonds. The van der Waals surface area contributed by atoms with E-state index in [-0.39, 0.29) is 0 Å². The second-order valence-electron chi connectivity index (χ2n) is 8.72. The van der Waals surface area contributed by atoms with Gasteiger partial charge in [0.05, 0.1) is 11.0 Å². The molecule has 164 valence electrons. The maximum atomic E-state index is 3.93. The van der Waals surface area contributed by atoms with Crippen LogP contribution >= 0.6 is 11.3 Å². The minimum absolute atomic E-state index is 1.11. The summed E-state index contributed by atoms with van der Waals surface area (Å²) in [6, 6.07) is 29.1. The van der Waals surface area contributed by atoms with E-state index >= 15 is 0 Å². The first-order valence-corrected chi connectivity index (χ1v) is 12.4. The fourth-order valence-corrected chi connectivity index (χ4v) is 6.06. The number of fused-ring (bicyclic) bond motifs is 6. The molecule has 0 unspecified atom stereocenters. The Morgan fingerprint density at radius 2 is 1.44 bits per heavy atom. The third-order valence-electron chi connectivity index (χ3n) is 6.51. The Labute approximate surface area is 203 Å². The quantitative estimate of drug-likeness (QED) is 0.233. The number of thiophene rings is 1. The lowest BCUT2D eigenvalue weighted by molar-refractivity contribution is 1.24. The zero-order chi connectivity index (χ0) is 23.2. The lowest BCUT2D eigenvalue weighted by Crippen LogP contribution is -1.94. The Morgan fingerprint density at radius 3 is 2.24 bits per heavy atom. The Bertz CT molecular complexity index is 1790. The van der Waals surface area contributed by atoms with Crippen molar-refractivity contribution >= 4 is 59.0 Å². The fraction of sp³-hybridized carbons (Fsp3) is 0.0625. The van der Waals surface area contributed by atoms with Gasteiger partial charge in [-0.25, -0.2) is 0 Å². The van der Waals surface area contributed by atoms with E-state index in [1.807, 2.05) is 17.4 Å². The van der Waals surface area contributed by atoms with Gasteiger partial charge in [-0.3, -0.25) is 0 Å². The molecule has 6 aromatic rings. The van der Waals surface area contributed by atoms with E-state index in [9.17, 15) is 0 Å². The lowest BCUT2D eigenvalue weighted by atomic mass is 10.0. The van der Waals surface area contributed by atoms with Crippen LogP contribution < -0.4 is 0 Å². The summed E-state index contributed by atoms with van der Waals surface area (Å²) in [6.45, 7) is 8.15. The third-order valence-corrected chi connectivity index (χ3v) is 7.67. The molecule has 0 aliphatic carbocycles. The van der Waals surface area contributed by atoms with E-state index in [2.05, 4.69) is 122 Å². The standard InChI is InChI=1S/C32H25NS/c1-4-8-24(9-5-2)33-29-11-7-6-10-25(29)26-19-22(13-15-30(26)33)23-14-17-32-28(20-23)27-18-21(3)12-16-31(27)34-32/h4-20H,1H2,2-3H3/b9-5-,24-8+. The molecular formula is C32H25NS. The summed E-state index contributed by atoms with van der Waals surface area (Å²) in [7, 11) is 0. The predicted molar refractivity (Wildman–Crippen MR) is 152 cm³/mol. The number of benzene rings is 4. The first kappa shape index (κ1) is 20.7. The van der Waals surface area contributed by atoms with Crippen LogP contribution in [0.1, 0.15) is 12.5 Å². The number of aryl methyl sites for hydroxylation is 1. The molecule has 34 heavy (non-hydrogen) atoms. The molecule has 2 heteroatoms. The van der Waals surface area contributed by atoms with Crippen molar-refractivity contribution in [1.29, 1.82) is 0 Å². The van der Waals surface area contributed by atoms with Gasteiger partial charge in [0.25, 0.3) is 0 Å². The second-order valence-corrected chi connectivity index (χ2v) is 9.81. The summed E-state index contributed by atoms with van der Waals surface area (Å²) < 4.78 is 5.02. The van der Waals surface area contributed by atoms with Crippen LogP contribution in [0.2, 0.25) is 0 Å². The van der Waals surface area contributed by atoms with Crippen LogP contribution in [0.15, 0.2) is 110 Å². The molecular weight excluding hydrogens is 430 g/mol. The van der Waals surface area contributed by atoms with Crippen molar-refractivity contribution in [3.63, 3.8) is 0 Å². The number of hydrogen-bond donors (Lipinski definition) is 0. The van der Waals surface area contributed by atoms with Crippen molar-refractivity contribution in [3.8, 4) is 11.1 Å². The molecule has 0 N–H and O–H groups in total. The molecule has 0 radical (unpaired) electrons. The summed E-state index contributed by atoms with van der Waals surface area (Å²) in [5, 5.41) is 5.22. The van der Waals surface area contributed by atoms with Gasteiger partial charge < -0.3 is 4.57 Å². The molecule has 0 atom stereocenters. The average Bonchev–Trinajstić information content (AvgIpc) is 3.38. The van der Waals surface area contributed by atoms with E-state index in [0.29, 0.717) is 0 Å². The third kappa shape index (κ3) is 3.22. The molecule has 2 heterocycles. The van der Waals surface area contributed by atoms with Crippen molar-refractivity contribution in [2.45, 2.75) is 13.8 Å². The van der Waals surface area contributed by atoms with Crippen molar-refractivity contribution < 1.29 is 0 Å². The van der Waals surface area contributed by atoms with E-state index in [0.717, 1.165) is 5.70 Å². The van der Waals surface area contributed by atoms with Gasteiger partial charge in [-0.2, -0.15) is 0 Å². The minimum Gasteiger partial charge on any atom is -0.309 e. The van der Waals surface area contributed by atoms with E-state index < -0.39 is 0 Å². The van der Waals surface area contributed by atoms with Gasteiger partial charge in [-0.15, -0.1) is 11.3 Å². The van der Waals surface area contributed by atoms with Crippen LogP contribution in [-0.4, -0.2) is 4.57 Å². The number of para-hydroxylation sites is 1. The molecule has 0 spiro atoms. The maximum Gasteiger partial charge on any atom is 0.0541 e. The first-order chi connectivity index (χ1) is 16.7. The van der Waals surface area contributed by atoms with Crippen LogP contribution in [0.5, 0.6) is 0 Å². The average molecular weight is 456 g/mol. The fourth-order valence-electron chi connectivity index (χ4n) is 5.00. The van der Waals surface area contributed by atoms with E-state index in [1.54, 1.807) is 0 Å². The highest BCUT2D eigenvalue weighted by Gasteiger charge is 2.14. The minimum atomic E-state index is 1.11. The molecule has 6 rings (SSSR count). The molecule has 0 aliphatic heterocycles. The van der Waals surface area contributed by atoms with Gasteiger partial charge in [0.2, 0.25) is 0 Å². The highest BCUT2D eigenvalue weighted by Crippen LogP contribution is 2.39. The van der Waals surface area contributed by atoms with Gasteiger partial charge in [-0.05, 0) is 79.6 Å². The zero-order valence-electron chi connectivity index (χ0n) is 19.4. The van der Waals surface area contributed by atoms with E-state index in [1.165, 1.54) is 58.7 Å². The van der Waals surface area contributed by atoms with Crippen molar-refractivity contribution in [2.75, 3.05) is 0 Å². The Balaban J connectivity index is 1.60. The summed E-state index contributed by atoms with van der Waals surface area (Å²) in [5.41, 5.74) is 7.31. The van der Waals surface area contributed by atoms with Gasteiger partial charge in [0.15, 0.2) is 0 Å². The van der Waals surface area contributed by atoms with Gasteiger partial charge in [0.1, 0.15) is 0 Å². The number of nitrogens with zero attached hydrogens (tertiary/aromatic N) is 1. The summed E-state index contributed by atoms with van der Waals surface area (Å²) >= 11 is 1.87. The smallest absolute Gasteiger partial charge is 0.0541 e. The normalized spacial score (nSPS) is 12.6. The topological polar surface area (TPSA) is 4.93 Å². The van der Waals surface area contributed by atoms with Crippen LogP contribution in [0.3, 0.4) is 0 Å². The van der Waals surface area contributed by atoms with E-state index in [4.69, 9.17) is 0 Å². The highest BCUT2D eigenvalue weighted by molar-refractivity contribution is 7.25. The van der Waals surface area contributed by atoms with Crippen molar-refractivity contribution in [1.82, 2.24) is 4.57 Å². The van der Waals surface area contributed by atoms with Gasteiger partial charge in [-0.1, -0.05) is 60.7 Å². The Hall–Kier alpha value is -3.88. The van der Waals surface area contributed by atoms with Crippen LogP contribution in [0.4, 0.5) is 0 Å². The number of hydrogen-bond acceptors (Lipinski definition) is 1. The van der Waals surface area contributed by atoms with Crippen LogP contribution in [-0.2, 0) is 0 Å². The first-order valence-electron chi connectivity index (χ1n) is 11.6. The summed E-state index contributed by atoms with van der Waals surface area (Å²) in [5.74, 6) is 0. The summed E-state index contributed by atoms with van der Waals surface area (Å²) in [4.78, 5) is 0. The molecule has 1 nitrogen and oxygen atoms in total. The number of rotatable bonds is 4. The molecule has 0 bridgehead atoms. The largest absolute Gasteiger partial charge is 0.309 e. The monoisotopic (exact) mass is 455 g/mol. The Kier molecular flexibility index (Phi) is 4.97. The second kappa shape index (κ2) is 8.16. The van der Waals surface area contributed by atoms with Crippen LogP contribution in [0, 0.1) is 6.92 Å². The lowest BCUT2D eigenvalue weighted by Gasteiger charge is -2.09. The molecule has 2 aromatic heterocycles. The van der Waals surface area contributed by atoms with Gasteiger partial charge in [0, 0.05) is 36.6 Å². The predicted octanol–water partition coefficient (Wildman–Crippen LogP) is 9.74. The zero-order valence-corrected chi connectivity index (χ0v) is 20.2. The van der Waals surface area contributed by atoms with Crippen molar-refractivity contribution in [3.05, 3.63) is 115 Å². The molecule has 4 aromatic carbocycles. The Morgan fingerprint density at radius 1 is 0.765 bits per heavy atom. The van der Waals surface area contributed by atoms with Crippen LogP contribution in [0.25, 0.3) is 58.8 Å². The number of allylic oxidation sites excluding steroid dienone is 5. The molecule has 0 saturated carbocycles. The SMILES string of the molecule is C=C/C=C(\C=C/C)n1c2ccccc2c2cc(-c3ccc4sc5ccc(C)cc5c4c3)ccc21. The number of aromatic nitrogens is 1. The molecule has 0 fully saturated rings. The van der Waals surface area contributed by atoms with Gasteiger partial charge >= 0.3 is 0 Å². The van der Waals surface area contributed by atoms with Crippen molar-refractivity contribution in [2.24, 2.45) is 0 Å². The maximum absolute atomic E-state index is 3.93. The molecule has 0 saturated heterocycles. The summed E-state index contributed by atoms with van der Waals surface area (Å²) in [6.07, 6.45) is 8.13.